The quantitative estimate of drug-likeness (QED) is 0.234. The van der Waals surface area contributed by atoms with Crippen molar-refractivity contribution in [2.75, 3.05) is 11.5 Å². The van der Waals surface area contributed by atoms with Crippen molar-refractivity contribution in [3.63, 3.8) is 0 Å². The third-order valence-electron chi connectivity index (χ3n) is 12.6. The van der Waals surface area contributed by atoms with Crippen molar-refractivity contribution in [3.05, 3.63) is 22.7 Å². The number of fused-ring (bicyclic) bond motifs is 4. The predicted octanol–water partition coefficient (Wildman–Crippen LogP) is 6.53. The molecular weight excluding hydrogens is 690 g/mol. The molecule has 2 unspecified atom stereocenters. The summed E-state index contributed by atoms with van der Waals surface area (Å²) in [5.74, 6) is -11.5. The summed E-state index contributed by atoms with van der Waals surface area (Å²) in [5.41, 5.74) is -4.40. The van der Waals surface area contributed by atoms with Gasteiger partial charge in [-0.05, 0) is 75.4 Å². The van der Waals surface area contributed by atoms with E-state index in [1.807, 2.05) is 13.8 Å². The maximum Gasteiger partial charge on any atom is 0.449 e. The predicted molar refractivity (Wildman–Crippen MR) is 153 cm³/mol. The van der Waals surface area contributed by atoms with E-state index in [4.69, 9.17) is 38.5 Å². The molecule has 2 spiro atoms. The topological polar surface area (TPSA) is 108 Å². The van der Waals surface area contributed by atoms with Gasteiger partial charge in [-0.3, -0.25) is 0 Å². The van der Waals surface area contributed by atoms with Crippen LogP contribution in [-0.2, 0) is 48.3 Å². The maximum atomic E-state index is 14.8. The minimum atomic E-state index is -5.14. The van der Waals surface area contributed by atoms with Crippen LogP contribution in [0.5, 0.6) is 0 Å². The molecule has 10 rings (SSSR count). The third-order valence-corrected chi connectivity index (χ3v) is 14.1. The monoisotopic (exact) mass is 730 g/mol. The lowest BCUT2D eigenvalue weighted by molar-refractivity contribution is -0.557. The highest BCUT2D eigenvalue weighted by atomic mass is 32.2. The van der Waals surface area contributed by atoms with Gasteiger partial charge in [-0.2, -0.15) is 26.3 Å². The number of ether oxygens (including phenoxy) is 4. The summed E-state index contributed by atoms with van der Waals surface area (Å²) < 4.78 is 140. The molecule has 0 aromatic carbocycles. The fourth-order valence-corrected chi connectivity index (χ4v) is 12.0. The molecule has 10 nitrogen and oxygen atoms in total. The molecule has 0 aromatic heterocycles. The van der Waals surface area contributed by atoms with Crippen molar-refractivity contribution < 1.29 is 73.3 Å². The summed E-state index contributed by atoms with van der Waals surface area (Å²) >= 11 is 0. The Balaban J connectivity index is 1.21. The van der Waals surface area contributed by atoms with Gasteiger partial charge in [0.1, 0.15) is 0 Å². The number of rotatable bonds is 4. The van der Waals surface area contributed by atoms with E-state index in [2.05, 4.69) is 0 Å². The van der Waals surface area contributed by atoms with Gasteiger partial charge in [0.25, 0.3) is 0 Å². The van der Waals surface area contributed by atoms with Gasteiger partial charge in [-0.1, -0.05) is 13.8 Å². The Morgan fingerprint density at radius 3 is 1.39 bits per heavy atom. The Labute approximate surface area is 279 Å². The molecule has 0 radical (unpaired) electrons. The molecule has 0 aromatic rings. The van der Waals surface area contributed by atoms with E-state index < -0.39 is 115 Å². The second kappa shape index (κ2) is 10.7. The lowest BCUT2D eigenvalue weighted by Gasteiger charge is -2.57. The number of sulfone groups is 1. The lowest BCUT2D eigenvalue weighted by Crippen LogP contribution is -2.68. The molecule has 2 aliphatic carbocycles. The average molecular weight is 731 g/mol. The minimum absolute atomic E-state index is 0.0469. The summed E-state index contributed by atoms with van der Waals surface area (Å²) in [6.07, 6.45) is -10.7. The van der Waals surface area contributed by atoms with Crippen LogP contribution in [-0.4, -0.2) is 67.6 Å². The molecule has 49 heavy (non-hydrogen) atoms. The van der Waals surface area contributed by atoms with Gasteiger partial charge in [0.05, 0.1) is 11.5 Å². The van der Waals surface area contributed by atoms with Crippen LogP contribution in [0.1, 0.15) is 79.1 Å². The summed E-state index contributed by atoms with van der Waals surface area (Å²) in [4.78, 5) is 23.1. The Bertz CT molecular complexity index is 1470. The standard InChI is InChI=1S/C32H40F6O10S/c1-15-5-7-21-17(23(31(33,34)35)41-25-29(21)19(15)9-11-27(3,43-25)45-47-29)13-49(39,40)14-18-22-8-6-16(2)20-10-12-28(4)44-26(30(20,22)48-46-28)42-24(18)32(36,37)38/h15-16,19-22,25-26H,5-14H2,1-4H3/t15-,16-,19?,20?,21+,22+,25-,26-,27+,28+,29-,30-/m1/s1. The Morgan fingerprint density at radius 2 is 1.02 bits per heavy atom. The van der Waals surface area contributed by atoms with Gasteiger partial charge in [-0.25, -0.2) is 28.0 Å². The molecule has 8 fully saturated rings. The van der Waals surface area contributed by atoms with E-state index >= 15 is 0 Å². The van der Waals surface area contributed by atoms with Crippen molar-refractivity contribution in [1.29, 1.82) is 0 Å². The molecule has 6 saturated heterocycles. The smallest absolute Gasteiger partial charge is 0.449 e. The third kappa shape index (κ3) is 5.06. The van der Waals surface area contributed by atoms with Gasteiger partial charge < -0.3 is 18.9 Å². The van der Waals surface area contributed by atoms with Crippen LogP contribution >= 0.6 is 0 Å². The molecule has 276 valence electrons. The van der Waals surface area contributed by atoms with E-state index in [0.717, 1.165) is 0 Å². The van der Waals surface area contributed by atoms with Crippen LogP contribution < -0.4 is 0 Å². The minimum Gasteiger partial charge on any atom is -0.456 e. The highest BCUT2D eigenvalue weighted by Gasteiger charge is 2.72. The van der Waals surface area contributed by atoms with Gasteiger partial charge in [0.15, 0.2) is 21.0 Å². The van der Waals surface area contributed by atoms with E-state index in [1.54, 1.807) is 0 Å². The van der Waals surface area contributed by atoms with Crippen molar-refractivity contribution >= 4 is 9.84 Å². The highest BCUT2D eigenvalue weighted by Crippen LogP contribution is 2.63. The van der Waals surface area contributed by atoms with Crippen LogP contribution in [0.25, 0.3) is 0 Å². The molecule has 10 aliphatic rings. The Hall–Kier alpha value is -1.63. The molecule has 17 heteroatoms. The second-order valence-corrected chi connectivity index (χ2v) is 17.7. The SMILES string of the molecule is C[C@@H]1CC[C@H]2C(CS(=O)(=O)CC3=C(C(F)(F)F)O[C@@H]4O[C@]5(C)CCC6[C@H](C)CC[C@@H]3[C@]64OO5)=C(C(F)(F)F)O[C@@H]3O[C@]4(C)CCC1[C@]32OO4. The number of hydrogen-bond donors (Lipinski definition) is 0. The Kier molecular flexibility index (Phi) is 7.54. The van der Waals surface area contributed by atoms with Crippen LogP contribution in [0.2, 0.25) is 0 Å². The fraction of sp³-hybridized carbons (Fsp3) is 0.875. The van der Waals surface area contributed by atoms with Gasteiger partial charge in [0, 0.05) is 36.5 Å². The Morgan fingerprint density at radius 1 is 0.633 bits per heavy atom. The number of allylic oxidation sites excluding steroid dienone is 2. The number of alkyl halides is 6. The van der Waals surface area contributed by atoms with Crippen LogP contribution in [0.4, 0.5) is 26.3 Å². The van der Waals surface area contributed by atoms with E-state index in [1.165, 1.54) is 13.8 Å². The lowest BCUT2D eigenvalue weighted by atomic mass is 9.59. The molecule has 0 amide bonds. The van der Waals surface area contributed by atoms with Crippen molar-refractivity contribution in [3.8, 4) is 0 Å². The second-order valence-electron chi connectivity index (χ2n) is 15.7. The highest BCUT2D eigenvalue weighted by molar-refractivity contribution is 7.91. The largest absolute Gasteiger partial charge is 0.456 e. The zero-order valence-electron chi connectivity index (χ0n) is 27.4. The van der Waals surface area contributed by atoms with Crippen molar-refractivity contribution in [1.82, 2.24) is 0 Å². The van der Waals surface area contributed by atoms with Gasteiger partial charge in [0.2, 0.25) is 35.7 Å². The van der Waals surface area contributed by atoms with Crippen LogP contribution in [0, 0.1) is 35.5 Å². The molecule has 4 bridgehead atoms. The number of hydrogen-bond acceptors (Lipinski definition) is 10. The van der Waals surface area contributed by atoms with Crippen molar-refractivity contribution in [2.24, 2.45) is 35.5 Å². The molecule has 0 N–H and O–H groups in total. The molecule has 12 atom stereocenters. The first-order valence-corrected chi connectivity index (χ1v) is 18.8. The van der Waals surface area contributed by atoms with Gasteiger partial charge >= 0.3 is 12.4 Å². The van der Waals surface area contributed by atoms with E-state index in [-0.39, 0.29) is 24.7 Å². The summed E-state index contributed by atoms with van der Waals surface area (Å²) in [7, 11) is -4.78. The fourth-order valence-electron chi connectivity index (χ4n) is 10.3. The molecule has 2 saturated carbocycles. The summed E-state index contributed by atoms with van der Waals surface area (Å²) in [6, 6.07) is 0. The zero-order chi connectivity index (χ0) is 35.2. The first-order chi connectivity index (χ1) is 22.7. The first kappa shape index (κ1) is 34.5. The van der Waals surface area contributed by atoms with Gasteiger partial charge in [-0.15, -0.1) is 0 Å². The van der Waals surface area contributed by atoms with E-state index in [0.29, 0.717) is 38.5 Å². The first-order valence-electron chi connectivity index (χ1n) is 16.9. The van der Waals surface area contributed by atoms with Crippen LogP contribution in [0.3, 0.4) is 0 Å². The summed E-state index contributed by atoms with van der Waals surface area (Å²) in [5, 5.41) is 0. The normalized spacial score (nSPS) is 47.9. The number of halogens is 6. The average Bonchev–Trinajstić information content (AvgIpc) is 3.36. The maximum absolute atomic E-state index is 14.8. The molecule has 8 heterocycles. The van der Waals surface area contributed by atoms with Crippen molar-refractivity contribution in [2.45, 2.75) is 127 Å². The summed E-state index contributed by atoms with van der Waals surface area (Å²) in [6.45, 7) is 6.95. The zero-order valence-corrected chi connectivity index (χ0v) is 28.3. The van der Waals surface area contributed by atoms with E-state index in [9.17, 15) is 34.8 Å². The molecule has 8 aliphatic heterocycles. The molecular formula is C32H40F6O10S. The van der Waals surface area contributed by atoms with Crippen LogP contribution in [0.15, 0.2) is 22.7 Å².